The first-order chi connectivity index (χ1) is 15.8. The lowest BCUT2D eigenvalue weighted by Gasteiger charge is -2.24. The fourth-order valence-electron chi connectivity index (χ4n) is 4.80. The number of carbonyl (C=O) groups excluding carboxylic acids is 1. The summed E-state index contributed by atoms with van der Waals surface area (Å²) in [5.41, 5.74) is 4.96. The van der Waals surface area contributed by atoms with E-state index in [4.69, 9.17) is 15.5 Å². The second kappa shape index (κ2) is 5.83. The highest BCUT2D eigenvalue weighted by atomic mass is 16.2. The Hall–Kier alpha value is -3.85. The zero-order valence-corrected chi connectivity index (χ0v) is 16.2. The van der Waals surface area contributed by atoms with Crippen LogP contribution in [0.5, 0.6) is 0 Å². The molecule has 0 radical (unpaired) electrons. The summed E-state index contributed by atoms with van der Waals surface area (Å²) in [6.45, 7) is -2.62. The van der Waals surface area contributed by atoms with Gasteiger partial charge in [-0.05, 0) is 30.3 Å². The minimum absolute atomic E-state index is 0.299. The standard InChI is InChI=1S/C24H19N5O/c1-4-14-6-5-7-16-22(14)20-13-21(28(3)24(16)30)23-25-18-9-8-15(12-19(18)29(20)23)17-10-11-27(2)26-17/h1,5-12,20-21H,13H2,2-3H3/t20-,21-/m1/s1/i3D3. The summed E-state index contributed by atoms with van der Waals surface area (Å²) in [5.74, 6) is 2.72. The molecule has 6 rings (SSSR count). The van der Waals surface area contributed by atoms with Crippen molar-refractivity contribution in [2.45, 2.75) is 18.5 Å². The van der Waals surface area contributed by atoms with Gasteiger partial charge in [0.2, 0.25) is 0 Å². The summed E-state index contributed by atoms with van der Waals surface area (Å²) in [6, 6.07) is 12.0. The number of aryl methyl sites for hydroxylation is 1. The van der Waals surface area contributed by atoms with Crippen molar-refractivity contribution >= 4 is 16.9 Å². The van der Waals surface area contributed by atoms with E-state index < -0.39 is 18.9 Å². The predicted octanol–water partition coefficient (Wildman–Crippen LogP) is 3.54. The molecule has 2 aliphatic heterocycles. The summed E-state index contributed by atoms with van der Waals surface area (Å²) in [6.07, 6.45) is 8.10. The van der Waals surface area contributed by atoms with Gasteiger partial charge in [0.05, 0.1) is 28.8 Å². The second-order valence-electron chi connectivity index (χ2n) is 7.77. The van der Waals surface area contributed by atoms with Gasteiger partial charge in [-0.1, -0.05) is 18.1 Å². The monoisotopic (exact) mass is 396 g/mol. The Labute approximate surface area is 178 Å². The number of aromatic nitrogens is 4. The van der Waals surface area contributed by atoms with Crippen molar-refractivity contribution in [3.8, 4) is 23.6 Å². The normalized spacial score (nSPS) is 21.4. The van der Waals surface area contributed by atoms with Gasteiger partial charge in [-0.3, -0.25) is 9.48 Å². The number of hydrogen-bond acceptors (Lipinski definition) is 3. The van der Waals surface area contributed by atoms with E-state index in [2.05, 4.69) is 15.6 Å². The minimum atomic E-state index is -2.62. The number of amides is 1. The molecule has 0 fully saturated rings. The molecule has 146 valence electrons. The maximum atomic E-state index is 13.5. The summed E-state index contributed by atoms with van der Waals surface area (Å²) >= 11 is 0. The van der Waals surface area contributed by atoms with Crippen molar-refractivity contribution in [3.63, 3.8) is 0 Å². The molecule has 6 heteroatoms. The van der Waals surface area contributed by atoms with E-state index in [1.54, 1.807) is 22.9 Å². The molecule has 2 aliphatic rings. The molecule has 0 N–H and O–H groups in total. The van der Waals surface area contributed by atoms with Gasteiger partial charge in [0, 0.05) is 53.0 Å². The van der Waals surface area contributed by atoms with E-state index in [0.29, 0.717) is 28.9 Å². The van der Waals surface area contributed by atoms with E-state index in [1.165, 1.54) is 0 Å². The van der Waals surface area contributed by atoms with Crippen LogP contribution in [0.2, 0.25) is 0 Å². The molecule has 2 bridgehead atoms. The first-order valence-corrected chi connectivity index (χ1v) is 9.73. The van der Waals surface area contributed by atoms with Gasteiger partial charge in [-0.15, -0.1) is 6.42 Å². The largest absolute Gasteiger partial charge is 0.331 e. The number of rotatable bonds is 1. The quantitative estimate of drug-likeness (QED) is 0.463. The van der Waals surface area contributed by atoms with Crippen LogP contribution in [0.3, 0.4) is 0 Å². The summed E-state index contributed by atoms with van der Waals surface area (Å²) in [5, 5.41) is 4.50. The average molecular weight is 396 g/mol. The van der Waals surface area contributed by atoms with Crippen LogP contribution in [0.4, 0.5) is 0 Å². The average Bonchev–Trinajstić information content (AvgIpc) is 3.44. The van der Waals surface area contributed by atoms with Crippen molar-refractivity contribution in [1.29, 1.82) is 0 Å². The third-order valence-electron chi connectivity index (χ3n) is 6.14. The highest BCUT2D eigenvalue weighted by Gasteiger charge is 2.44. The molecular weight excluding hydrogens is 374 g/mol. The van der Waals surface area contributed by atoms with Crippen LogP contribution in [0.1, 0.15) is 49.9 Å². The predicted molar refractivity (Wildman–Crippen MR) is 114 cm³/mol. The van der Waals surface area contributed by atoms with Crippen LogP contribution in [0.15, 0.2) is 48.7 Å². The van der Waals surface area contributed by atoms with Crippen LogP contribution in [-0.4, -0.2) is 37.1 Å². The minimum Gasteiger partial charge on any atom is -0.331 e. The van der Waals surface area contributed by atoms with Crippen LogP contribution >= 0.6 is 0 Å². The van der Waals surface area contributed by atoms with Crippen molar-refractivity contribution in [2.75, 3.05) is 6.98 Å². The molecule has 6 nitrogen and oxygen atoms in total. The molecule has 0 aliphatic carbocycles. The summed E-state index contributed by atoms with van der Waals surface area (Å²) in [7, 11) is 1.86. The number of hydrogen-bond donors (Lipinski definition) is 0. The molecular formula is C24H19N5O. The second-order valence-corrected chi connectivity index (χ2v) is 7.77. The number of terminal acetylenes is 1. The molecule has 2 aromatic heterocycles. The highest BCUT2D eigenvalue weighted by Crippen LogP contribution is 2.48. The summed E-state index contributed by atoms with van der Waals surface area (Å²) in [4.78, 5) is 19.2. The number of imidazole rings is 1. The molecule has 0 saturated carbocycles. The lowest BCUT2D eigenvalue weighted by atomic mass is 9.93. The molecule has 1 amide bonds. The molecule has 0 spiro atoms. The fourth-order valence-corrected chi connectivity index (χ4v) is 4.80. The Bertz CT molecular complexity index is 1510. The van der Waals surface area contributed by atoms with Gasteiger partial charge in [0.25, 0.3) is 5.91 Å². The van der Waals surface area contributed by atoms with Crippen LogP contribution < -0.4 is 0 Å². The first-order valence-electron chi connectivity index (χ1n) is 11.2. The van der Waals surface area contributed by atoms with Crippen LogP contribution in [0.25, 0.3) is 22.3 Å². The number of carbonyl (C=O) groups is 1. The van der Waals surface area contributed by atoms with E-state index >= 15 is 0 Å². The summed E-state index contributed by atoms with van der Waals surface area (Å²) < 4.78 is 28.2. The number of fused-ring (bicyclic) bond motifs is 9. The van der Waals surface area contributed by atoms with Gasteiger partial charge in [-0.2, -0.15) is 5.10 Å². The Morgan fingerprint density at radius 2 is 2.13 bits per heavy atom. The van der Waals surface area contributed by atoms with Gasteiger partial charge in [0.15, 0.2) is 0 Å². The molecule has 2 atom stereocenters. The lowest BCUT2D eigenvalue weighted by molar-refractivity contribution is 0.0734. The Kier molecular flexibility index (Phi) is 2.76. The number of nitrogens with zero attached hydrogens (tertiary/aromatic N) is 5. The third kappa shape index (κ3) is 2.12. The van der Waals surface area contributed by atoms with Crippen molar-refractivity contribution in [1.82, 2.24) is 24.2 Å². The zero-order chi connectivity index (χ0) is 23.1. The Balaban J connectivity index is 1.66. The molecule has 4 heterocycles. The highest BCUT2D eigenvalue weighted by molar-refractivity contribution is 5.98. The van der Waals surface area contributed by atoms with Crippen molar-refractivity contribution < 1.29 is 8.91 Å². The fraction of sp³-hybridized carbons (Fsp3) is 0.208. The van der Waals surface area contributed by atoms with E-state index in [0.717, 1.165) is 27.2 Å². The SMILES string of the molecule is [2H]C([2H])([2H])N1C(=O)c2cccc(C#C)c2[C@H]2C[C@@H]1c1nc3ccc(-c4ccn(C)n4)cc3n12. The molecule has 2 aromatic carbocycles. The van der Waals surface area contributed by atoms with Crippen LogP contribution in [0, 0.1) is 12.3 Å². The van der Waals surface area contributed by atoms with E-state index in [9.17, 15) is 4.79 Å². The smallest absolute Gasteiger partial charge is 0.254 e. The topological polar surface area (TPSA) is 56.0 Å². The van der Waals surface area contributed by atoms with Gasteiger partial charge >= 0.3 is 0 Å². The molecule has 0 unspecified atom stereocenters. The lowest BCUT2D eigenvalue weighted by Crippen LogP contribution is -2.30. The zero-order valence-electron chi connectivity index (χ0n) is 19.2. The molecule has 4 aromatic rings. The van der Waals surface area contributed by atoms with E-state index in [-0.39, 0.29) is 6.04 Å². The van der Waals surface area contributed by atoms with Gasteiger partial charge < -0.3 is 9.47 Å². The van der Waals surface area contributed by atoms with Crippen molar-refractivity contribution in [3.05, 3.63) is 71.2 Å². The van der Waals surface area contributed by atoms with Gasteiger partial charge in [-0.25, -0.2) is 4.98 Å². The Morgan fingerprint density at radius 3 is 2.90 bits per heavy atom. The number of benzene rings is 2. The van der Waals surface area contributed by atoms with Gasteiger partial charge in [0.1, 0.15) is 5.82 Å². The third-order valence-corrected chi connectivity index (χ3v) is 6.14. The van der Waals surface area contributed by atoms with E-state index in [1.807, 2.05) is 37.5 Å². The molecule has 30 heavy (non-hydrogen) atoms. The maximum Gasteiger partial charge on any atom is 0.254 e. The first kappa shape index (κ1) is 14.2. The Morgan fingerprint density at radius 1 is 1.23 bits per heavy atom. The van der Waals surface area contributed by atoms with Crippen molar-refractivity contribution in [2.24, 2.45) is 7.05 Å². The maximum absolute atomic E-state index is 13.5. The molecule has 0 saturated heterocycles. The van der Waals surface area contributed by atoms with Crippen LogP contribution in [-0.2, 0) is 7.05 Å².